The van der Waals surface area contributed by atoms with Crippen molar-refractivity contribution >= 4 is 34.8 Å². The molecular weight excluding hydrogens is 362 g/mol. The molecule has 0 aliphatic heterocycles. The van der Waals surface area contributed by atoms with Crippen molar-refractivity contribution in [2.45, 2.75) is 33.6 Å². The summed E-state index contributed by atoms with van der Waals surface area (Å²) in [5.41, 5.74) is 9.36. The average molecular weight is 390 g/mol. The Morgan fingerprint density at radius 1 is 1.11 bits per heavy atom. The molecule has 3 saturated carbocycles. The number of hydrogen-bond acceptors (Lipinski definition) is 2. The normalized spacial score (nSPS) is 25.2. The molecule has 28 heavy (non-hydrogen) atoms. The SMILES string of the molecule is Cc1ccc(/C=C2\CC3CC(\C2=N\NC(=S)Nc2ccccc2)C3(C)C)cc1. The Labute approximate surface area is 172 Å². The van der Waals surface area contributed by atoms with E-state index in [-0.39, 0.29) is 0 Å². The molecule has 2 atom stereocenters. The zero-order valence-corrected chi connectivity index (χ0v) is 17.5. The van der Waals surface area contributed by atoms with Crippen LogP contribution in [0.4, 0.5) is 5.69 Å². The van der Waals surface area contributed by atoms with Crippen molar-refractivity contribution in [3.05, 3.63) is 71.3 Å². The van der Waals surface area contributed by atoms with E-state index in [1.54, 1.807) is 0 Å². The van der Waals surface area contributed by atoms with Crippen molar-refractivity contribution in [2.75, 3.05) is 5.32 Å². The molecule has 3 fully saturated rings. The molecule has 0 aromatic heterocycles. The first-order valence-corrected chi connectivity index (χ1v) is 10.3. The number of para-hydroxylation sites is 1. The molecule has 2 N–H and O–H groups in total. The number of aryl methyl sites for hydroxylation is 1. The monoisotopic (exact) mass is 389 g/mol. The Bertz CT molecular complexity index is 926. The van der Waals surface area contributed by atoms with Crippen LogP contribution in [0.3, 0.4) is 0 Å². The topological polar surface area (TPSA) is 36.4 Å². The molecule has 4 heteroatoms. The first kappa shape index (κ1) is 18.9. The number of hydrazone groups is 1. The molecule has 0 heterocycles. The molecular formula is C24H27N3S. The van der Waals surface area contributed by atoms with Gasteiger partial charge in [0.15, 0.2) is 5.11 Å². The third-order valence-electron chi connectivity index (χ3n) is 6.32. The van der Waals surface area contributed by atoms with Gasteiger partial charge < -0.3 is 5.32 Å². The van der Waals surface area contributed by atoms with Crippen molar-refractivity contribution in [2.24, 2.45) is 22.4 Å². The van der Waals surface area contributed by atoms with Crippen LogP contribution in [-0.2, 0) is 0 Å². The number of anilines is 1. The van der Waals surface area contributed by atoms with E-state index in [4.69, 9.17) is 17.3 Å². The fraction of sp³-hybridized carbons (Fsp3) is 0.333. The maximum atomic E-state index is 5.45. The molecule has 2 aromatic rings. The minimum atomic E-state index is 0.305. The summed E-state index contributed by atoms with van der Waals surface area (Å²) in [4.78, 5) is 0. The van der Waals surface area contributed by atoms with E-state index in [2.05, 4.69) is 61.9 Å². The van der Waals surface area contributed by atoms with Gasteiger partial charge in [-0.2, -0.15) is 5.10 Å². The second kappa shape index (κ2) is 7.51. The zero-order valence-electron chi connectivity index (χ0n) is 16.7. The Balaban J connectivity index is 1.55. The van der Waals surface area contributed by atoms with Gasteiger partial charge in [-0.15, -0.1) is 0 Å². The minimum absolute atomic E-state index is 0.305. The van der Waals surface area contributed by atoms with Gasteiger partial charge in [-0.25, -0.2) is 0 Å². The highest BCUT2D eigenvalue weighted by atomic mass is 32.1. The molecule has 3 aliphatic rings. The summed E-state index contributed by atoms with van der Waals surface area (Å²) in [5, 5.41) is 8.50. The molecule has 144 valence electrons. The lowest BCUT2D eigenvalue weighted by Gasteiger charge is -2.57. The molecule has 2 unspecified atom stereocenters. The second-order valence-electron chi connectivity index (χ2n) is 8.52. The van der Waals surface area contributed by atoms with Gasteiger partial charge in [0.2, 0.25) is 0 Å². The van der Waals surface area contributed by atoms with Gasteiger partial charge in [-0.3, -0.25) is 5.43 Å². The number of nitrogens with zero attached hydrogens (tertiary/aromatic N) is 1. The minimum Gasteiger partial charge on any atom is -0.331 e. The van der Waals surface area contributed by atoms with Crippen LogP contribution in [0.25, 0.3) is 6.08 Å². The molecule has 0 radical (unpaired) electrons. The molecule has 0 amide bonds. The van der Waals surface area contributed by atoms with E-state index in [9.17, 15) is 0 Å². The van der Waals surface area contributed by atoms with Gasteiger partial charge in [-0.05, 0) is 72.7 Å². The van der Waals surface area contributed by atoms with Gasteiger partial charge in [0.1, 0.15) is 0 Å². The summed E-state index contributed by atoms with van der Waals surface area (Å²) in [6.45, 7) is 6.85. The van der Waals surface area contributed by atoms with E-state index in [0.717, 1.165) is 23.7 Å². The third-order valence-corrected chi connectivity index (χ3v) is 6.52. The molecule has 2 bridgehead atoms. The Hall–Kier alpha value is -2.46. The average Bonchev–Trinajstić information content (AvgIpc) is 2.69. The van der Waals surface area contributed by atoms with Gasteiger partial charge in [-0.1, -0.05) is 61.9 Å². The lowest BCUT2D eigenvalue weighted by molar-refractivity contribution is 0.0141. The lowest BCUT2D eigenvalue weighted by atomic mass is 9.47. The number of nitrogens with one attached hydrogen (secondary N) is 2. The van der Waals surface area contributed by atoms with E-state index >= 15 is 0 Å². The number of hydrogen-bond donors (Lipinski definition) is 2. The number of fused-ring (bicyclic) bond motifs is 2. The fourth-order valence-corrected chi connectivity index (χ4v) is 4.52. The highest BCUT2D eigenvalue weighted by molar-refractivity contribution is 7.80. The number of benzene rings is 2. The van der Waals surface area contributed by atoms with E-state index in [1.807, 2.05) is 30.3 Å². The van der Waals surface area contributed by atoms with Crippen molar-refractivity contribution in [1.29, 1.82) is 0 Å². The van der Waals surface area contributed by atoms with Crippen LogP contribution in [0, 0.1) is 24.2 Å². The van der Waals surface area contributed by atoms with E-state index in [0.29, 0.717) is 16.4 Å². The lowest BCUT2D eigenvalue weighted by Crippen LogP contribution is -2.54. The van der Waals surface area contributed by atoms with Crippen molar-refractivity contribution in [3.63, 3.8) is 0 Å². The summed E-state index contributed by atoms with van der Waals surface area (Å²) >= 11 is 5.45. The summed E-state index contributed by atoms with van der Waals surface area (Å²) in [6, 6.07) is 18.6. The number of allylic oxidation sites excluding steroid dienone is 1. The van der Waals surface area contributed by atoms with E-state index in [1.165, 1.54) is 23.1 Å². The zero-order chi connectivity index (χ0) is 19.7. The first-order chi connectivity index (χ1) is 13.4. The summed E-state index contributed by atoms with van der Waals surface area (Å²) in [6.07, 6.45) is 4.59. The molecule has 3 aliphatic carbocycles. The van der Waals surface area contributed by atoms with Crippen LogP contribution in [0.2, 0.25) is 0 Å². The van der Waals surface area contributed by atoms with Crippen LogP contribution in [0.5, 0.6) is 0 Å². The first-order valence-electron chi connectivity index (χ1n) is 9.91. The third kappa shape index (κ3) is 3.74. The maximum Gasteiger partial charge on any atom is 0.191 e. The van der Waals surface area contributed by atoms with Gasteiger partial charge >= 0.3 is 0 Å². The van der Waals surface area contributed by atoms with Crippen LogP contribution >= 0.6 is 12.2 Å². The van der Waals surface area contributed by atoms with Gasteiger partial charge in [0, 0.05) is 11.6 Å². The quantitative estimate of drug-likeness (QED) is 0.515. The largest absolute Gasteiger partial charge is 0.331 e. The summed E-state index contributed by atoms with van der Waals surface area (Å²) in [5.74, 6) is 1.22. The highest BCUT2D eigenvalue weighted by Crippen LogP contribution is 2.59. The van der Waals surface area contributed by atoms with Crippen LogP contribution in [-0.4, -0.2) is 10.8 Å². The number of rotatable bonds is 3. The molecule has 5 rings (SSSR count). The Morgan fingerprint density at radius 3 is 2.50 bits per heavy atom. The van der Waals surface area contributed by atoms with Crippen molar-refractivity contribution in [3.8, 4) is 0 Å². The van der Waals surface area contributed by atoms with Crippen LogP contribution in [0.15, 0.2) is 65.3 Å². The summed E-state index contributed by atoms with van der Waals surface area (Å²) in [7, 11) is 0. The summed E-state index contributed by atoms with van der Waals surface area (Å²) < 4.78 is 0. The predicted molar refractivity (Wildman–Crippen MR) is 122 cm³/mol. The molecule has 3 nitrogen and oxygen atoms in total. The highest BCUT2D eigenvalue weighted by Gasteiger charge is 2.54. The predicted octanol–water partition coefficient (Wildman–Crippen LogP) is 5.79. The van der Waals surface area contributed by atoms with Crippen LogP contribution in [0.1, 0.15) is 37.8 Å². The maximum absolute atomic E-state index is 5.45. The fourth-order valence-electron chi connectivity index (χ4n) is 4.36. The Morgan fingerprint density at radius 2 is 1.82 bits per heavy atom. The smallest absolute Gasteiger partial charge is 0.191 e. The Kier molecular flexibility index (Phi) is 5.07. The molecule has 0 saturated heterocycles. The molecule has 2 aromatic carbocycles. The standard InChI is InChI=1S/C24H27N3S/c1-16-9-11-17(12-10-16)13-18-14-19-15-21(24(19,2)3)22(18)26-27-23(28)25-20-7-5-4-6-8-20/h4-13,19,21H,14-15H2,1-3H3,(H2,25,27,28)/b18-13+,26-22+. The second-order valence-corrected chi connectivity index (χ2v) is 8.93. The van der Waals surface area contributed by atoms with Crippen molar-refractivity contribution in [1.82, 2.24) is 5.43 Å². The van der Waals surface area contributed by atoms with Crippen molar-refractivity contribution < 1.29 is 0 Å². The molecule has 0 spiro atoms. The van der Waals surface area contributed by atoms with Gasteiger partial charge in [0.25, 0.3) is 0 Å². The van der Waals surface area contributed by atoms with E-state index < -0.39 is 0 Å². The van der Waals surface area contributed by atoms with Crippen LogP contribution < -0.4 is 10.7 Å². The number of thiocarbonyl (C=S) groups is 1. The van der Waals surface area contributed by atoms with Gasteiger partial charge in [0.05, 0.1) is 5.71 Å².